The second-order valence-electron chi connectivity index (χ2n) is 5.22. The molecule has 2 nitrogen and oxygen atoms in total. The summed E-state index contributed by atoms with van der Waals surface area (Å²) in [6.07, 6.45) is 6.42. The molecule has 1 aliphatic carbocycles. The van der Waals surface area contributed by atoms with E-state index in [-0.39, 0.29) is 5.92 Å². The molecule has 1 aromatic rings. The third-order valence-electron chi connectivity index (χ3n) is 3.87. The Hall–Kier alpha value is -0.830. The van der Waals surface area contributed by atoms with Gasteiger partial charge in [0.25, 0.3) is 0 Å². The molecule has 18 heavy (non-hydrogen) atoms. The molecule has 3 heteroatoms. The Kier molecular flexibility index (Phi) is 4.81. The molecule has 1 N–H and O–H groups in total. The first-order valence-corrected chi connectivity index (χ1v) is 7.42. The van der Waals surface area contributed by atoms with Crippen LogP contribution in [-0.2, 0) is 11.2 Å². The summed E-state index contributed by atoms with van der Waals surface area (Å²) in [4.78, 5) is 11.4. The average Bonchev–Trinajstić information content (AvgIpc) is 2.83. The Morgan fingerprint density at radius 3 is 2.61 bits per heavy atom. The van der Waals surface area contributed by atoms with Crippen LogP contribution in [0.15, 0.2) is 28.7 Å². The molecule has 1 aromatic carbocycles. The van der Waals surface area contributed by atoms with Gasteiger partial charge in [0.15, 0.2) is 0 Å². The Bertz CT molecular complexity index is 411. The second kappa shape index (κ2) is 6.37. The molecule has 0 aliphatic heterocycles. The number of benzene rings is 1. The van der Waals surface area contributed by atoms with Crippen molar-refractivity contribution in [2.75, 3.05) is 0 Å². The van der Waals surface area contributed by atoms with E-state index in [1.807, 2.05) is 24.3 Å². The van der Waals surface area contributed by atoms with Gasteiger partial charge in [-0.1, -0.05) is 59.8 Å². The number of rotatable bonds is 5. The highest BCUT2D eigenvalue weighted by Crippen LogP contribution is 2.32. The molecule has 1 unspecified atom stereocenters. The number of aliphatic carboxylic acids is 1. The molecule has 0 heterocycles. The minimum Gasteiger partial charge on any atom is -0.481 e. The molecular weight excluding hydrogens is 292 g/mol. The molecule has 0 bridgehead atoms. The largest absolute Gasteiger partial charge is 0.481 e. The van der Waals surface area contributed by atoms with E-state index >= 15 is 0 Å². The van der Waals surface area contributed by atoms with Gasteiger partial charge >= 0.3 is 5.97 Å². The lowest BCUT2D eigenvalue weighted by Crippen LogP contribution is -2.19. The molecule has 2 rings (SSSR count). The number of halogens is 1. The first-order valence-electron chi connectivity index (χ1n) is 6.63. The number of hydrogen-bond donors (Lipinski definition) is 1. The monoisotopic (exact) mass is 310 g/mol. The maximum atomic E-state index is 11.4. The van der Waals surface area contributed by atoms with Gasteiger partial charge in [0.05, 0.1) is 5.92 Å². The van der Waals surface area contributed by atoms with E-state index in [2.05, 4.69) is 15.9 Å². The third-order valence-corrected chi connectivity index (χ3v) is 4.64. The van der Waals surface area contributed by atoms with Crippen molar-refractivity contribution in [1.82, 2.24) is 0 Å². The molecule has 0 spiro atoms. The topological polar surface area (TPSA) is 37.3 Å². The molecule has 1 aliphatic rings. The summed E-state index contributed by atoms with van der Waals surface area (Å²) < 4.78 is 1.02. The Balaban J connectivity index is 2.02. The van der Waals surface area contributed by atoms with Crippen molar-refractivity contribution in [3.8, 4) is 0 Å². The summed E-state index contributed by atoms with van der Waals surface area (Å²) in [5, 5.41) is 9.37. The van der Waals surface area contributed by atoms with E-state index in [0.717, 1.165) is 16.5 Å². The predicted octanol–water partition coefficient (Wildman–Crippen LogP) is 4.27. The van der Waals surface area contributed by atoms with Gasteiger partial charge in [0.1, 0.15) is 0 Å². The second-order valence-corrected chi connectivity index (χ2v) is 6.07. The molecule has 0 radical (unpaired) electrons. The lowest BCUT2D eigenvalue weighted by atomic mass is 9.88. The van der Waals surface area contributed by atoms with Gasteiger partial charge in [-0.25, -0.2) is 0 Å². The molecule has 0 amide bonds. The summed E-state index contributed by atoms with van der Waals surface area (Å²) in [5.41, 5.74) is 1.10. The minimum absolute atomic E-state index is 0.244. The highest BCUT2D eigenvalue weighted by Gasteiger charge is 2.25. The molecular formula is C15H19BrO2. The normalized spacial score (nSPS) is 17.8. The van der Waals surface area contributed by atoms with Gasteiger partial charge in [-0.3, -0.25) is 4.79 Å². The lowest BCUT2D eigenvalue weighted by molar-refractivity contribution is -0.142. The van der Waals surface area contributed by atoms with Gasteiger partial charge in [0.2, 0.25) is 0 Å². The maximum Gasteiger partial charge on any atom is 0.306 e. The van der Waals surface area contributed by atoms with Crippen LogP contribution in [0.5, 0.6) is 0 Å². The van der Waals surface area contributed by atoms with Crippen molar-refractivity contribution in [3.63, 3.8) is 0 Å². The molecule has 0 saturated heterocycles. The van der Waals surface area contributed by atoms with E-state index < -0.39 is 5.97 Å². The SMILES string of the molecule is O=C(O)C(Cc1ccccc1Br)CC1CCCC1. The van der Waals surface area contributed by atoms with Crippen molar-refractivity contribution in [3.05, 3.63) is 34.3 Å². The zero-order chi connectivity index (χ0) is 13.0. The summed E-state index contributed by atoms with van der Waals surface area (Å²) in [6.45, 7) is 0. The molecule has 1 saturated carbocycles. The number of carboxylic acids is 1. The molecule has 98 valence electrons. The van der Waals surface area contributed by atoms with Crippen LogP contribution in [0.25, 0.3) is 0 Å². The summed E-state index contributed by atoms with van der Waals surface area (Å²) >= 11 is 3.49. The van der Waals surface area contributed by atoms with Gasteiger partial charge in [-0.05, 0) is 30.4 Å². The van der Waals surface area contributed by atoms with Crippen LogP contribution in [0.1, 0.15) is 37.7 Å². The summed E-state index contributed by atoms with van der Waals surface area (Å²) in [6, 6.07) is 7.91. The fourth-order valence-corrected chi connectivity index (χ4v) is 3.30. The van der Waals surface area contributed by atoms with Gasteiger partial charge in [-0.2, -0.15) is 0 Å². The third kappa shape index (κ3) is 3.58. The van der Waals surface area contributed by atoms with Gasteiger partial charge in [-0.15, -0.1) is 0 Å². The van der Waals surface area contributed by atoms with Gasteiger partial charge < -0.3 is 5.11 Å². The summed E-state index contributed by atoms with van der Waals surface area (Å²) in [7, 11) is 0. The average molecular weight is 311 g/mol. The smallest absolute Gasteiger partial charge is 0.306 e. The standard InChI is InChI=1S/C15H19BrO2/c16-14-8-4-3-7-12(14)10-13(15(17)18)9-11-5-1-2-6-11/h3-4,7-8,11,13H,1-2,5-6,9-10H2,(H,17,18). The van der Waals surface area contributed by atoms with Crippen LogP contribution < -0.4 is 0 Å². The van der Waals surface area contributed by atoms with Crippen molar-refractivity contribution < 1.29 is 9.90 Å². The van der Waals surface area contributed by atoms with Crippen LogP contribution in [0, 0.1) is 11.8 Å². The highest BCUT2D eigenvalue weighted by molar-refractivity contribution is 9.10. The molecule has 0 aromatic heterocycles. The molecule has 1 atom stereocenters. The number of carbonyl (C=O) groups is 1. The van der Waals surface area contributed by atoms with Gasteiger partial charge in [0, 0.05) is 4.47 Å². The first-order chi connectivity index (χ1) is 8.66. The zero-order valence-electron chi connectivity index (χ0n) is 10.4. The quantitative estimate of drug-likeness (QED) is 0.881. The first kappa shape index (κ1) is 13.6. The van der Waals surface area contributed by atoms with Crippen LogP contribution in [0.3, 0.4) is 0 Å². The van der Waals surface area contributed by atoms with Crippen LogP contribution >= 0.6 is 15.9 Å². The van der Waals surface area contributed by atoms with Crippen molar-refractivity contribution in [2.45, 2.75) is 38.5 Å². The summed E-state index contributed by atoms with van der Waals surface area (Å²) in [5.74, 6) is -0.280. The number of hydrogen-bond acceptors (Lipinski definition) is 1. The zero-order valence-corrected chi connectivity index (χ0v) is 12.0. The van der Waals surface area contributed by atoms with Crippen LogP contribution in [0.4, 0.5) is 0 Å². The van der Waals surface area contributed by atoms with Crippen molar-refractivity contribution >= 4 is 21.9 Å². The Morgan fingerprint density at radius 2 is 2.00 bits per heavy atom. The van der Waals surface area contributed by atoms with E-state index in [1.54, 1.807) is 0 Å². The predicted molar refractivity (Wildman–Crippen MR) is 75.5 cm³/mol. The van der Waals surface area contributed by atoms with E-state index in [9.17, 15) is 9.90 Å². The van der Waals surface area contributed by atoms with Crippen LogP contribution in [-0.4, -0.2) is 11.1 Å². The van der Waals surface area contributed by atoms with Crippen LogP contribution in [0.2, 0.25) is 0 Å². The van der Waals surface area contributed by atoms with Crippen molar-refractivity contribution in [2.24, 2.45) is 11.8 Å². The molecule has 1 fully saturated rings. The maximum absolute atomic E-state index is 11.4. The minimum atomic E-state index is -0.655. The fraction of sp³-hybridized carbons (Fsp3) is 0.533. The number of carboxylic acid groups (broad SMARTS) is 1. The van der Waals surface area contributed by atoms with E-state index in [1.165, 1.54) is 25.7 Å². The van der Waals surface area contributed by atoms with E-state index in [0.29, 0.717) is 12.3 Å². The highest BCUT2D eigenvalue weighted by atomic mass is 79.9. The lowest BCUT2D eigenvalue weighted by Gasteiger charge is -2.17. The Labute approximate surface area is 117 Å². The van der Waals surface area contributed by atoms with E-state index in [4.69, 9.17) is 0 Å². The Morgan fingerprint density at radius 1 is 1.33 bits per heavy atom. The fourth-order valence-electron chi connectivity index (χ4n) is 2.85. The van der Waals surface area contributed by atoms with Crippen molar-refractivity contribution in [1.29, 1.82) is 0 Å².